The summed E-state index contributed by atoms with van der Waals surface area (Å²) >= 11 is 0. The van der Waals surface area contributed by atoms with E-state index in [2.05, 4.69) is 5.32 Å². The van der Waals surface area contributed by atoms with Gasteiger partial charge in [-0.1, -0.05) is 52.9 Å². The molecule has 2 nitrogen and oxygen atoms in total. The number of rotatable bonds is 1. The van der Waals surface area contributed by atoms with Gasteiger partial charge < -0.3 is 5.32 Å². The molecule has 0 aromatic carbocycles. The molecule has 1 aliphatic carbocycles. The van der Waals surface area contributed by atoms with Gasteiger partial charge in [-0.2, -0.15) is 0 Å². The smallest absolute Gasteiger partial charge is 0.225 e. The van der Waals surface area contributed by atoms with Crippen LogP contribution in [0, 0.1) is 5.41 Å². The number of carbonyl (C=O) groups is 1. The second kappa shape index (κ2) is 5.53. The van der Waals surface area contributed by atoms with Gasteiger partial charge in [0.1, 0.15) is 0 Å². The van der Waals surface area contributed by atoms with Crippen LogP contribution in [0.2, 0.25) is 0 Å². The third kappa shape index (κ3) is 4.67. The molecular weight excluding hydrogens is 186 g/mol. The normalized spacial score (nSPS) is 20.5. The SMILES string of the molecule is CC(C)(C)C(=O)NC1CCCCCCC1. The summed E-state index contributed by atoms with van der Waals surface area (Å²) in [6.07, 6.45) is 8.93. The van der Waals surface area contributed by atoms with Crippen molar-refractivity contribution in [1.29, 1.82) is 0 Å². The highest BCUT2D eigenvalue weighted by atomic mass is 16.2. The maximum Gasteiger partial charge on any atom is 0.225 e. The summed E-state index contributed by atoms with van der Waals surface area (Å²) in [5.41, 5.74) is -0.248. The molecule has 88 valence electrons. The Morgan fingerprint density at radius 3 is 1.93 bits per heavy atom. The first-order chi connectivity index (χ1) is 7.00. The zero-order valence-corrected chi connectivity index (χ0v) is 10.4. The van der Waals surface area contributed by atoms with Crippen molar-refractivity contribution in [3.8, 4) is 0 Å². The fourth-order valence-electron chi connectivity index (χ4n) is 2.00. The predicted molar refractivity (Wildman–Crippen MR) is 63.7 cm³/mol. The monoisotopic (exact) mass is 211 g/mol. The molecule has 0 saturated heterocycles. The first-order valence-electron chi connectivity index (χ1n) is 6.31. The Morgan fingerprint density at radius 2 is 1.47 bits per heavy atom. The predicted octanol–water partition coefficient (Wildman–Crippen LogP) is 3.26. The average molecular weight is 211 g/mol. The lowest BCUT2D eigenvalue weighted by molar-refractivity contribution is -0.129. The topological polar surface area (TPSA) is 29.1 Å². The minimum absolute atomic E-state index is 0.202. The molecule has 15 heavy (non-hydrogen) atoms. The van der Waals surface area contributed by atoms with Crippen molar-refractivity contribution in [3.05, 3.63) is 0 Å². The van der Waals surface area contributed by atoms with Crippen molar-refractivity contribution in [3.63, 3.8) is 0 Å². The molecule has 1 rings (SSSR count). The van der Waals surface area contributed by atoms with Crippen molar-refractivity contribution in [2.24, 2.45) is 5.41 Å². The van der Waals surface area contributed by atoms with E-state index in [0.717, 1.165) is 0 Å². The van der Waals surface area contributed by atoms with Crippen LogP contribution in [0.5, 0.6) is 0 Å². The van der Waals surface area contributed by atoms with Crippen molar-refractivity contribution in [2.45, 2.75) is 71.8 Å². The van der Waals surface area contributed by atoms with E-state index in [1.54, 1.807) is 0 Å². The van der Waals surface area contributed by atoms with Crippen LogP contribution in [0.25, 0.3) is 0 Å². The van der Waals surface area contributed by atoms with E-state index in [1.165, 1.54) is 44.9 Å². The summed E-state index contributed by atoms with van der Waals surface area (Å²) in [5, 5.41) is 3.19. The van der Waals surface area contributed by atoms with Gasteiger partial charge in [0.2, 0.25) is 5.91 Å². The van der Waals surface area contributed by atoms with E-state index in [1.807, 2.05) is 20.8 Å². The van der Waals surface area contributed by atoms with Gasteiger partial charge in [-0.25, -0.2) is 0 Å². The largest absolute Gasteiger partial charge is 0.353 e. The highest BCUT2D eigenvalue weighted by Gasteiger charge is 2.23. The van der Waals surface area contributed by atoms with Crippen LogP contribution in [0.15, 0.2) is 0 Å². The summed E-state index contributed by atoms with van der Waals surface area (Å²) < 4.78 is 0. The standard InChI is InChI=1S/C13H25NO/c1-13(2,3)12(15)14-11-9-7-5-4-6-8-10-11/h11H,4-10H2,1-3H3,(H,14,15). The third-order valence-corrected chi connectivity index (χ3v) is 3.12. The number of hydrogen-bond donors (Lipinski definition) is 1. The fraction of sp³-hybridized carbons (Fsp3) is 0.923. The molecule has 0 aliphatic heterocycles. The first-order valence-corrected chi connectivity index (χ1v) is 6.31. The maximum atomic E-state index is 11.8. The van der Waals surface area contributed by atoms with Gasteiger partial charge in [-0.3, -0.25) is 4.79 Å². The van der Waals surface area contributed by atoms with E-state index in [0.29, 0.717) is 6.04 Å². The van der Waals surface area contributed by atoms with E-state index in [-0.39, 0.29) is 11.3 Å². The minimum Gasteiger partial charge on any atom is -0.353 e. The molecular formula is C13H25NO. The van der Waals surface area contributed by atoms with Gasteiger partial charge in [-0.15, -0.1) is 0 Å². The summed E-state index contributed by atoms with van der Waals surface area (Å²) in [6, 6.07) is 0.428. The van der Waals surface area contributed by atoms with Crippen LogP contribution in [-0.2, 0) is 4.79 Å². The lowest BCUT2D eigenvalue weighted by Gasteiger charge is -2.25. The van der Waals surface area contributed by atoms with Crippen LogP contribution < -0.4 is 5.32 Å². The Labute approximate surface area is 93.8 Å². The molecule has 0 bridgehead atoms. The lowest BCUT2D eigenvalue weighted by Crippen LogP contribution is -2.41. The van der Waals surface area contributed by atoms with Crippen molar-refractivity contribution < 1.29 is 4.79 Å². The second-order valence-corrected chi connectivity index (χ2v) is 5.77. The van der Waals surface area contributed by atoms with Gasteiger partial charge in [0.25, 0.3) is 0 Å². The summed E-state index contributed by atoms with van der Waals surface area (Å²) in [6.45, 7) is 5.93. The molecule has 1 fully saturated rings. The zero-order chi connectivity index (χ0) is 11.3. The minimum atomic E-state index is -0.248. The van der Waals surface area contributed by atoms with Crippen LogP contribution >= 0.6 is 0 Å². The molecule has 0 unspecified atom stereocenters. The Kier molecular flexibility index (Phi) is 4.62. The van der Waals surface area contributed by atoms with Crippen molar-refractivity contribution in [2.75, 3.05) is 0 Å². The Balaban J connectivity index is 2.38. The van der Waals surface area contributed by atoms with Gasteiger partial charge in [0.05, 0.1) is 0 Å². The van der Waals surface area contributed by atoms with Gasteiger partial charge in [0.15, 0.2) is 0 Å². The first kappa shape index (κ1) is 12.5. The van der Waals surface area contributed by atoms with Gasteiger partial charge in [0, 0.05) is 11.5 Å². The van der Waals surface area contributed by atoms with E-state index >= 15 is 0 Å². The van der Waals surface area contributed by atoms with E-state index in [9.17, 15) is 4.79 Å². The van der Waals surface area contributed by atoms with Gasteiger partial charge in [-0.05, 0) is 12.8 Å². The second-order valence-electron chi connectivity index (χ2n) is 5.77. The molecule has 0 aromatic rings. The Hall–Kier alpha value is -0.530. The number of amides is 1. The van der Waals surface area contributed by atoms with Crippen molar-refractivity contribution >= 4 is 5.91 Å². The molecule has 0 spiro atoms. The summed E-state index contributed by atoms with van der Waals surface area (Å²) in [4.78, 5) is 11.8. The molecule has 0 aromatic heterocycles. The van der Waals surface area contributed by atoms with Gasteiger partial charge >= 0.3 is 0 Å². The molecule has 0 heterocycles. The molecule has 1 saturated carbocycles. The zero-order valence-electron chi connectivity index (χ0n) is 10.4. The number of nitrogens with one attached hydrogen (secondary N) is 1. The number of carbonyl (C=O) groups excluding carboxylic acids is 1. The van der Waals surface area contributed by atoms with Crippen LogP contribution in [-0.4, -0.2) is 11.9 Å². The molecule has 0 radical (unpaired) electrons. The highest BCUT2D eigenvalue weighted by Crippen LogP contribution is 2.19. The van der Waals surface area contributed by atoms with Crippen LogP contribution in [0.3, 0.4) is 0 Å². The molecule has 2 heteroatoms. The fourth-order valence-corrected chi connectivity index (χ4v) is 2.00. The molecule has 0 atom stereocenters. The lowest BCUT2D eigenvalue weighted by atomic mass is 9.92. The average Bonchev–Trinajstić information content (AvgIpc) is 2.07. The highest BCUT2D eigenvalue weighted by molar-refractivity contribution is 5.81. The summed E-state index contributed by atoms with van der Waals surface area (Å²) in [5.74, 6) is 0.202. The number of hydrogen-bond acceptors (Lipinski definition) is 1. The third-order valence-electron chi connectivity index (χ3n) is 3.12. The molecule has 1 N–H and O–H groups in total. The quantitative estimate of drug-likeness (QED) is 0.708. The van der Waals surface area contributed by atoms with Crippen LogP contribution in [0.1, 0.15) is 65.7 Å². The van der Waals surface area contributed by atoms with Crippen molar-refractivity contribution in [1.82, 2.24) is 5.32 Å². The maximum absolute atomic E-state index is 11.8. The van der Waals surface area contributed by atoms with Crippen LogP contribution in [0.4, 0.5) is 0 Å². The Morgan fingerprint density at radius 1 is 1.00 bits per heavy atom. The molecule has 1 aliphatic rings. The van der Waals surface area contributed by atoms with E-state index in [4.69, 9.17) is 0 Å². The summed E-state index contributed by atoms with van der Waals surface area (Å²) in [7, 11) is 0. The Bertz CT molecular complexity index is 197. The molecule has 1 amide bonds. The van der Waals surface area contributed by atoms with E-state index < -0.39 is 0 Å².